The number of nitrogens with one attached hydrogen (secondary N) is 1. The molecule has 4 aromatic heterocycles. The van der Waals surface area contributed by atoms with Gasteiger partial charge >= 0.3 is 15.6 Å². The third-order valence-electron chi connectivity index (χ3n) is 7.72. The Morgan fingerprint density at radius 3 is 2.43 bits per heavy atom. The lowest BCUT2D eigenvalue weighted by atomic mass is 9.98. The van der Waals surface area contributed by atoms with E-state index in [1.807, 2.05) is 0 Å². The van der Waals surface area contributed by atoms with Crippen LogP contribution in [0.3, 0.4) is 0 Å². The largest absolute Gasteiger partial charge is 0.472 e. The average molecular weight is 691 g/mol. The zero-order valence-electron chi connectivity index (χ0n) is 23.3. The van der Waals surface area contributed by atoms with E-state index in [-0.39, 0.29) is 34.0 Å². The summed E-state index contributed by atoms with van der Waals surface area (Å²) in [5.41, 5.74) is 8.29. The summed E-state index contributed by atoms with van der Waals surface area (Å²) < 4.78 is 92.8. The third-order valence-corrected chi connectivity index (χ3v) is 9.67. The summed E-state index contributed by atoms with van der Waals surface area (Å²) in [6.45, 7) is -0.955. The van der Waals surface area contributed by atoms with Gasteiger partial charge in [-0.25, -0.2) is 32.9 Å². The molecule has 7 unspecified atom stereocenters. The topological polar surface area (TPSA) is 276 Å². The zero-order chi connectivity index (χ0) is 32.8. The molecule has 0 saturated carbocycles. The SMILES string of the molecule is C[C@]1(F)C2OP(=O)(O)OC[C@H]3OC(n4cnc5c(=O)[nH]c(N)nc54)C(OP(=O)(O)OC[C@H]2OC1n1cnc2c(N)ccnc21)C3F. The van der Waals surface area contributed by atoms with Crippen LogP contribution in [0.5, 0.6) is 0 Å². The first-order chi connectivity index (χ1) is 21.6. The number of imidazole rings is 2. The summed E-state index contributed by atoms with van der Waals surface area (Å²) in [6.07, 6.45) is -9.32. The molecule has 20 nitrogen and oxygen atoms in total. The smallest absolute Gasteiger partial charge is 0.397 e. The van der Waals surface area contributed by atoms with Crippen LogP contribution in [-0.2, 0) is 36.7 Å². The third kappa shape index (κ3) is 5.20. The fraction of sp³-hybridized carbons (Fsp3) is 0.500. The quantitative estimate of drug-likeness (QED) is 0.180. The fourth-order valence-corrected chi connectivity index (χ4v) is 7.57. The van der Waals surface area contributed by atoms with E-state index in [2.05, 4.69) is 24.9 Å². The number of fused-ring (bicyclic) bond motifs is 5. The number of halogens is 2. The molecule has 0 radical (unpaired) electrons. The van der Waals surface area contributed by atoms with E-state index in [0.29, 0.717) is 0 Å². The van der Waals surface area contributed by atoms with Gasteiger partial charge in [0, 0.05) is 6.20 Å². The Morgan fingerprint density at radius 2 is 1.67 bits per heavy atom. The lowest BCUT2D eigenvalue weighted by Crippen LogP contribution is -2.42. The lowest BCUT2D eigenvalue weighted by molar-refractivity contribution is -0.0674. The minimum absolute atomic E-state index is 0.0993. The van der Waals surface area contributed by atoms with Gasteiger partial charge in [0.2, 0.25) is 5.95 Å². The highest BCUT2D eigenvalue weighted by atomic mass is 31.2. The number of phosphoric ester groups is 2. The second kappa shape index (κ2) is 10.8. The molecular formula is C22H25F2N9O11P2. The van der Waals surface area contributed by atoms with E-state index < -0.39 is 83.1 Å². The van der Waals surface area contributed by atoms with Gasteiger partial charge in [-0.2, -0.15) is 4.98 Å². The van der Waals surface area contributed by atoms with Gasteiger partial charge in [0.25, 0.3) is 5.56 Å². The molecule has 2 bridgehead atoms. The Balaban J connectivity index is 1.23. The molecule has 3 saturated heterocycles. The highest BCUT2D eigenvalue weighted by molar-refractivity contribution is 7.47. The van der Waals surface area contributed by atoms with Crippen molar-refractivity contribution >= 4 is 49.6 Å². The Labute approximate surface area is 254 Å². The molecule has 0 spiro atoms. The van der Waals surface area contributed by atoms with Crippen LogP contribution in [-0.4, -0.2) is 93.3 Å². The van der Waals surface area contributed by atoms with Crippen LogP contribution < -0.4 is 17.0 Å². The van der Waals surface area contributed by atoms with Crippen LogP contribution in [0.4, 0.5) is 20.4 Å². The first kappa shape index (κ1) is 31.2. The summed E-state index contributed by atoms with van der Waals surface area (Å²) in [5.74, 6) is -0.324. The van der Waals surface area contributed by atoms with Crippen LogP contribution >= 0.6 is 15.6 Å². The van der Waals surface area contributed by atoms with Gasteiger partial charge in [0.15, 0.2) is 41.1 Å². The molecule has 24 heteroatoms. The monoisotopic (exact) mass is 691 g/mol. The number of hydrogen-bond donors (Lipinski definition) is 5. The van der Waals surface area contributed by atoms with Gasteiger partial charge in [-0.3, -0.25) is 37.0 Å². The number of rotatable bonds is 2. The van der Waals surface area contributed by atoms with E-state index in [4.69, 9.17) is 39.0 Å². The van der Waals surface area contributed by atoms with Crippen LogP contribution in [0.15, 0.2) is 29.7 Å². The second-order valence-electron chi connectivity index (χ2n) is 10.8. The van der Waals surface area contributed by atoms with Crippen molar-refractivity contribution in [2.24, 2.45) is 0 Å². The van der Waals surface area contributed by atoms with Crippen molar-refractivity contribution in [2.45, 2.75) is 55.6 Å². The number of hydrogen-bond acceptors (Lipinski definition) is 15. The number of aromatic nitrogens is 7. The zero-order valence-corrected chi connectivity index (χ0v) is 25.1. The summed E-state index contributed by atoms with van der Waals surface area (Å²) in [6, 6.07) is 1.47. The number of alkyl halides is 2. The van der Waals surface area contributed by atoms with E-state index >= 15 is 8.78 Å². The Morgan fingerprint density at radius 1 is 1.00 bits per heavy atom. The number of aromatic amines is 1. The van der Waals surface area contributed by atoms with Crippen molar-refractivity contribution in [1.82, 2.24) is 34.1 Å². The minimum atomic E-state index is -5.25. The van der Waals surface area contributed by atoms with Gasteiger partial charge in [0.1, 0.15) is 29.9 Å². The fourth-order valence-electron chi connectivity index (χ4n) is 5.62. The van der Waals surface area contributed by atoms with E-state index in [9.17, 15) is 23.7 Å². The molecular weight excluding hydrogens is 666 g/mol. The normalized spacial score (nSPS) is 38.8. The summed E-state index contributed by atoms with van der Waals surface area (Å²) in [7, 11) is -10.5. The van der Waals surface area contributed by atoms with Gasteiger partial charge in [0.05, 0.1) is 31.6 Å². The van der Waals surface area contributed by atoms with Crippen molar-refractivity contribution < 1.29 is 55.3 Å². The molecule has 7 heterocycles. The molecule has 3 aliphatic heterocycles. The molecule has 7 N–H and O–H groups in total. The van der Waals surface area contributed by atoms with E-state index in [1.54, 1.807) is 0 Å². The standard InChI is InChI=1S/C22H25F2N9O11P2/c1-22(24)15-10(42-20(22)33-7-28-12-8(25)2-3-27-16(12)33)5-40-45(35,36)43-14-11(23)9(4-39-46(37,38)44-15)41-19(14)32-6-29-13-17(32)30-21(26)31-18(13)34/h2-3,6-7,9-11,14-15,19-20H,4-5H2,1H3,(H2,25,27)(H,35,36)(H,37,38)(H3,26,30,31,34)/t9-,10-,11?,14?,15?,19?,20?,22+/m1/s1. The number of nitrogens with zero attached hydrogens (tertiary/aromatic N) is 6. The predicted molar refractivity (Wildman–Crippen MR) is 148 cm³/mol. The van der Waals surface area contributed by atoms with Crippen molar-refractivity contribution in [1.29, 1.82) is 0 Å². The van der Waals surface area contributed by atoms with Crippen LogP contribution in [0, 0.1) is 0 Å². The Hall–Kier alpha value is -3.43. The van der Waals surface area contributed by atoms with E-state index in [1.165, 1.54) is 18.6 Å². The molecule has 3 aliphatic rings. The number of H-pyrrole nitrogens is 1. The summed E-state index contributed by atoms with van der Waals surface area (Å²) in [5, 5.41) is 0. The Kier molecular flexibility index (Phi) is 7.33. The number of phosphoric acid groups is 2. The maximum atomic E-state index is 16.6. The molecule has 0 aliphatic carbocycles. The van der Waals surface area contributed by atoms with Crippen molar-refractivity contribution in [3.63, 3.8) is 0 Å². The van der Waals surface area contributed by atoms with Crippen molar-refractivity contribution in [3.8, 4) is 0 Å². The van der Waals surface area contributed by atoms with Crippen molar-refractivity contribution in [3.05, 3.63) is 35.3 Å². The second-order valence-corrected chi connectivity index (χ2v) is 13.6. The van der Waals surface area contributed by atoms with Crippen LogP contribution in [0.1, 0.15) is 19.4 Å². The highest BCUT2D eigenvalue weighted by Crippen LogP contribution is 2.56. The van der Waals surface area contributed by atoms with Gasteiger partial charge < -0.3 is 30.7 Å². The van der Waals surface area contributed by atoms with Crippen LogP contribution in [0.25, 0.3) is 22.3 Å². The maximum absolute atomic E-state index is 16.6. The first-order valence-corrected chi connectivity index (χ1v) is 16.4. The van der Waals surface area contributed by atoms with Gasteiger partial charge in [-0.1, -0.05) is 0 Å². The molecule has 46 heavy (non-hydrogen) atoms. The molecule has 4 aromatic rings. The number of anilines is 2. The highest BCUT2D eigenvalue weighted by Gasteiger charge is 2.60. The maximum Gasteiger partial charge on any atom is 0.472 e. The van der Waals surface area contributed by atoms with E-state index in [0.717, 1.165) is 22.4 Å². The Bertz CT molecular complexity index is 1990. The molecule has 10 atom stereocenters. The first-order valence-electron chi connectivity index (χ1n) is 13.4. The minimum Gasteiger partial charge on any atom is -0.397 e. The summed E-state index contributed by atoms with van der Waals surface area (Å²) >= 11 is 0. The molecule has 248 valence electrons. The van der Waals surface area contributed by atoms with Gasteiger partial charge in [-0.15, -0.1) is 0 Å². The number of ether oxygens (including phenoxy) is 2. The molecule has 0 aromatic carbocycles. The predicted octanol–water partition coefficient (Wildman–Crippen LogP) is 0.608. The van der Waals surface area contributed by atoms with Gasteiger partial charge in [-0.05, 0) is 13.0 Å². The van der Waals surface area contributed by atoms with Crippen LogP contribution in [0.2, 0.25) is 0 Å². The number of pyridine rings is 1. The average Bonchev–Trinajstić information content (AvgIpc) is 3.71. The van der Waals surface area contributed by atoms with Crippen molar-refractivity contribution in [2.75, 3.05) is 24.7 Å². The molecule has 7 rings (SSSR count). The number of nitrogen functional groups attached to an aromatic ring is 2. The summed E-state index contributed by atoms with van der Waals surface area (Å²) in [4.78, 5) is 51.9. The molecule has 3 fully saturated rings. The lowest BCUT2D eigenvalue weighted by Gasteiger charge is -2.29. The number of nitrogens with two attached hydrogens (primary N) is 2. The molecule has 0 amide bonds.